The molecule has 5 nitrogen and oxygen atoms in total. The summed E-state index contributed by atoms with van der Waals surface area (Å²) in [5.41, 5.74) is 5.83. The van der Waals surface area contributed by atoms with Crippen molar-refractivity contribution in [1.82, 2.24) is 24.9 Å². The number of allylic oxidation sites excluding steroid dienone is 1. The van der Waals surface area contributed by atoms with Crippen LogP contribution in [-0.2, 0) is 19.9 Å². The third-order valence-electron chi connectivity index (χ3n) is 5.22. The van der Waals surface area contributed by atoms with Gasteiger partial charge in [-0.1, -0.05) is 37.8 Å². The summed E-state index contributed by atoms with van der Waals surface area (Å²) in [7, 11) is 1.89. The Kier molecular flexibility index (Phi) is 7.39. The lowest BCUT2D eigenvalue weighted by molar-refractivity contribution is 0.138. The van der Waals surface area contributed by atoms with Crippen molar-refractivity contribution in [1.29, 1.82) is 0 Å². The maximum absolute atomic E-state index is 12.6. The number of halogens is 2. The van der Waals surface area contributed by atoms with E-state index in [9.17, 15) is 8.78 Å². The minimum atomic E-state index is -2.30. The fourth-order valence-corrected chi connectivity index (χ4v) is 3.68. The molecule has 2 heterocycles. The predicted molar refractivity (Wildman–Crippen MR) is 121 cm³/mol. The van der Waals surface area contributed by atoms with Gasteiger partial charge in [0.1, 0.15) is 0 Å². The van der Waals surface area contributed by atoms with Crippen molar-refractivity contribution in [3.8, 4) is 11.1 Å². The van der Waals surface area contributed by atoms with Gasteiger partial charge < -0.3 is 5.32 Å². The summed E-state index contributed by atoms with van der Waals surface area (Å²) in [6.07, 6.45) is 8.14. The van der Waals surface area contributed by atoms with E-state index in [0.717, 1.165) is 40.1 Å². The summed E-state index contributed by atoms with van der Waals surface area (Å²) in [4.78, 5) is 0. The molecule has 1 unspecified atom stereocenters. The molecule has 1 N–H and O–H groups in total. The highest BCUT2D eigenvalue weighted by Gasteiger charge is 2.13. The van der Waals surface area contributed by atoms with E-state index in [1.165, 1.54) is 0 Å². The summed E-state index contributed by atoms with van der Waals surface area (Å²) in [6, 6.07) is 7.63. The van der Waals surface area contributed by atoms with Crippen LogP contribution in [0.3, 0.4) is 0 Å². The lowest BCUT2D eigenvalue weighted by Gasteiger charge is -2.19. The van der Waals surface area contributed by atoms with Gasteiger partial charge in [0, 0.05) is 48.7 Å². The summed E-state index contributed by atoms with van der Waals surface area (Å²) >= 11 is 0. The molecule has 0 radical (unpaired) electrons. The minimum Gasteiger partial charge on any atom is -0.379 e. The van der Waals surface area contributed by atoms with Crippen molar-refractivity contribution >= 4 is 6.20 Å². The molecule has 0 amide bonds. The molecule has 164 valence electrons. The smallest absolute Gasteiger partial charge is 0.239 e. The van der Waals surface area contributed by atoms with Crippen LogP contribution in [0.4, 0.5) is 8.78 Å². The van der Waals surface area contributed by atoms with Crippen LogP contribution >= 0.6 is 0 Å². The maximum atomic E-state index is 12.6. The van der Waals surface area contributed by atoms with Crippen molar-refractivity contribution in [3.63, 3.8) is 0 Å². The molecule has 7 heteroatoms. The van der Waals surface area contributed by atoms with Crippen LogP contribution in [0.2, 0.25) is 0 Å². The van der Waals surface area contributed by atoms with Crippen LogP contribution in [0.5, 0.6) is 0 Å². The van der Waals surface area contributed by atoms with Gasteiger partial charge in [0.2, 0.25) is 6.43 Å². The first kappa shape index (κ1) is 22.5. The summed E-state index contributed by atoms with van der Waals surface area (Å²) in [5, 5.41) is 12.1. The van der Waals surface area contributed by atoms with Crippen molar-refractivity contribution in [2.75, 3.05) is 0 Å². The van der Waals surface area contributed by atoms with E-state index in [1.54, 1.807) is 4.68 Å². The van der Waals surface area contributed by atoms with E-state index in [4.69, 9.17) is 0 Å². The Hall–Kier alpha value is -3.22. The van der Waals surface area contributed by atoms with Crippen LogP contribution in [0, 0.1) is 0 Å². The predicted octanol–water partition coefficient (Wildman–Crippen LogP) is 5.38. The zero-order valence-electron chi connectivity index (χ0n) is 18.2. The first-order chi connectivity index (χ1) is 14.9. The Bertz CT molecular complexity index is 1050. The molecule has 3 rings (SSSR count). The quantitative estimate of drug-likeness (QED) is 0.444. The number of nitrogens with zero attached hydrogens (tertiary/aromatic N) is 4. The third kappa shape index (κ3) is 5.69. The van der Waals surface area contributed by atoms with Crippen molar-refractivity contribution < 1.29 is 8.78 Å². The van der Waals surface area contributed by atoms with Gasteiger partial charge in [-0.2, -0.15) is 10.2 Å². The minimum absolute atomic E-state index is 0.0553. The Balaban J connectivity index is 1.69. The van der Waals surface area contributed by atoms with Crippen molar-refractivity contribution in [2.24, 2.45) is 7.05 Å². The molecule has 1 aromatic carbocycles. The van der Waals surface area contributed by atoms with Crippen LogP contribution in [0.25, 0.3) is 17.3 Å². The van der Waals surface area contributed by atoms with Crippen LogP contribution in [-0.4, -0.2) is 26.0 Å². The highest BCUT2D eigenvalue weighted by molar-refractivity contribution is 5.65. The highest BCUT2D eigenvalue weighted by atomic mass is 19.3. The molecule has 0 aliphatic carbocycles. The van der Waals surface area contributed by atoms with Gasteiger partial charge in [0.25, 0.3) is 0 Å². The second-order valence-corrected chi connectivity index (χ2v) is 7.54. The van der Waals surface area contributed by atoms with Gasteiger partial charge in [-0.05, 0) is 37.0 Å². The Morgan fingerprint density at radius 2 is 2.00 bits per heavy atom. The lowest BCUT2D eigenvalue weighted by atomic mass is 9.98. The molecule has 0 saturated carbocycles. The summed E-state index contributed by atoms with van der Waals surface area (Å²) in [5.74, 6) is 0. The van der Waals surface area contributed by atoms with Gasteiger partial charge in [0.05, 0.1) is 18.1 Å². The standard InChI is InChI=1S/C24H29F2N5/c1-5-23-22(20-14-27-30(4)16-20)15-28-31(23)13-12-17(2)29-18(3)21-9-7-6-8-19(21)10-11-24(25)26/h6-9,12-16,18,24,29H,2,5,10-11H2,1,3-4H3/b13-12-. The summed E-state index contributed by atoms with van der Waals surface area (Å²) < 4.78 is 28.9. The fraction of sp³-hybridized carbons (Fsp3) is 0.333. The first-order valence-corrected chi connectivity index (χ1v) is 10.4. The molecule has 0 spiro atoms. The van der Waals surface area contributed by atoms with E-state index in [-0.39, 0.29) is 12.5 Å². The molecule has 0 fully saturated rings. The van der Waals surface area contributed by atoms with E-state index >= 15 is 0 Å². The Labute approximate surface area is 182 Å². The van der Waals surface area contributed by atoms with Gasteiger partial charge in [-0.25, -0.2) is 13.5 Å². The number of aromatic nitrogens is 4. The molecular weight excluding hydrogens is 396 g/mol. The van der Waals surface area contributed by atoms with Gasteiger partial charge in [-0.15, -0.1) is 0 Å². The molecule has 31 heavy (non-hydrogen) atoms. The average Bonchev–Trinajstić information content (AvgIpc) is 3.36. The van der Waals surface area contributed by atoms with Crippen LogP contribution in [0.15, 0.2) is 61.2 Å². The molecule has 0 saturated heterocycles. The summed E-state index contributed by atoms with van der Waals surface area (Å²) in [6.45, 7) is 8.19. The van der Waals surface area contributed by atoms with E-state index in [0.29, 0.717) is 6.42 Å². The monoisotopic (exact) mass is 425 g/mol. The highest BCUT2D eigenvalue weighted by Crippen LogP contribution is 2.24. The molecule has 2 aromatic heterocycles. The number of benzene rings is 1. The second kappa shape index (κ2) is 10.2. The SMILES string of the molecule is C=C(/C=C\n1ncc(-c2cnn(C)c2)c1CC)NC(C)c1ccccc1CCC(F)F. The van der Waals surface area contributed by atoms with Crippen molar-refractivity contribution in [3.05, 3.63) is 78.0 Å². The van der Waals surface area contributed by atoms with Gasteiger partial charge in [-0.3, -0.25) is 4.68 Å². The van der Waals surface area contributed by atoms with E-state index in [2.05, 4.69) is 29.0 Å². The zero-order chi connectivity index (χ0) is 22.4. The third-order valence-corrected chi connectivity index (χ3v) is 5.22. The fourth-order valence-electron chi connectivity index (χ4n) is 3.68. The number of rotatable bonds is 10. The molecule has 3 aromatic rings. The number of nitrogens with one attached hydrogen (secondary N) is 1. The number of hydrogen-bond donors (Lipinski definition) is 1. The van der Waals surface area contributed by atoms with Gasteiger partial charge >= 0.3 is 0 Å². The largest absolute Gasteiger partial charge is 0.379 e. The van der Waals surface area contributed by atoms with Gasteiger partial charge in [0.15, 0.2) is 0 Å². The number of hydrogen-bond acceptors (Lipinski definition) is 3. The second-order valence-electron chi connectivity index (χ2n) is 7.54. The van der Waals surface area contributed by atoms with Crippen LogP contribution < -0.4 is 5.32 Å². The maximum Gasteiger partial charge on any atom is 0.239 e. The Morgan fingerprint density at radius 3 is 2.68 bits per heavy atom. The normalized spacial score (nSPS) is 12.6. The number of aryl methyl sites for hydroxylation is 2. The molecule has 0 aliphatic heterocycles. The first-order valence-electron chi connectivity index (χ1n) is 10.4. The number of alkyl halides is 2. The topological polar surface area (TPSA) is 47.7 Å². The lowest BCUT2D eigenvalue weighted by Crippen LogP contribution is -2.18. The molecule has 0 bridgehead atoms. The zero-order valence-corrected chi connectivity index (χ0v) is 18.2. The molecular formula is C24H29F2N5. The molecule has 1 atom stereocenters. The van der Waals surface area contributed by atoms with E-state index < -0.39 is 6.43 Å². The van der Waals surface area contributed by atoms with Crippen molar-refractivity contribution in [2.45, 2.75) is 45.6 Å². The molecule has 0 aliphatic rings. The van der Waals surface area contributed by atoms with E-state index in [1.807, 2.05) is 73.8 Å². The van der Waals surface area contributed by atoms with Crippen LogP contribution in [0.1, 0.15) is 43.1 Å². The average molecular weight is 426 g/mol. The Morgan fingerprint density at radius 1 is 1.23 bits per heavy atom.